The first-order valence-electron chi connectivity index (χ1n) is 6.54. The van der Waals surface area contributed by atoms with E-state index in [0.717, 1.165) is 18.6 Å². The summed E-state index contributed by atoms with van der Waals surface area (Å²) >= 11 is 0. The van der Waals surface area contributed by atoms with Crippen molar-refractivity contribution >= 4 is 0 Å². The van der Waals surface area contributed by atoms with Gasteiger partial charge in [-0.05, 0) is 40.5 Å². The summed E-state index contributed by atoms with van der Waals surface area (Å²) in [5.41, 5.74) is 0. The maximum Gasteiger partial charge on any atom is 0.257 e. The van der Waals surface area contributed by atoms with Crippen molar-refractivity contribution in [3.63, 3.8) is 0 Å². The molecule has 0 aliphatic heterocycles. The molecule has 0 spiro atoms. The van der Waals surface area contributed by atoms with E-state index in [2.05, 4.69) is 4.98 Å². The molecule has 1 fully saturated rings. The van der Waals surface area contributed by atoms with Crippen molar-refractivity contribution < 1.29 is 14.2 Å². The van der Waals surface area contributed by atoms with Gasteiger partial charge in [0.2, 0.25) is 0 Å². The number of ether oxygens (including phenoxy) is 3. The maximum absolute atomic E-state index is 5.72. The van der Waals surface area contributed by atoms with E-state index in [1.165, 1.54) is 0 Å². The summed E-state index contributed by atoms with van der Waals surface area (Å²) in [6, 6.07) is 1.86. The fraction of sp³-hybridized carbons (Fsp3) is 0.643. The molecule has 100 valence electrons. The van der Waals surface area contributed by atoms with E-state index in [0.29, 0.717) is 17.7 Å². The van der Waals surface area contributed by atoms with Crippen molar-refractivity contribution in [2.75, 3.05) is 0 Å². The minimum atomic E-state index is 0.0715. The quantitative estimate of drug-likeness (QED) is 0.778. The highest BCUT2D eigenvalue weighted by Crippen LogP contribution is 2.33. The Labute approximate surface area is 108 Å². The van der Waals surface area contributed by atoms with Crippen LogP contribution in [0.2, 0.25) is 0 Å². The molecule has 1 heterocycles. The fourth-order valence-electron chi connectivity index (χ4n) is 1.51. The second-order valence-electron chi connectivity index (χ2n) is 5.12. The third-order valence-electron chi connectivity index (χ3n) is 2.33. The van der Waals surface area contributed by atoms with E-state index in [1.807, 2.05) is 33.8 Å². The first kappa shape index (κ1) is 13.0. The van der Waals surface area contributed by atoms with E-state index in [1.54, 1.807) is 6.20 Å². The lowest BCUT2D eigenvalue weighted by Crippen LogP contribution is -2.12. The fourth-order valence-corrected chi connectivity index (χ4v) is 1.51. The Kier molecular flexibility index (Phi) is 3.94. The van der Waals surface area contributed by atoms with Crippen molar-refractivity contribution in [1.82, 2.24) is 4.98 Å². The SMILES string of the molecule is CC(C)Oc1cc(OC2CC2)cnc1OC(C)C. The van der Waals surface area contributed by atoms with Crippen molar-refractivity contribution in [2.45, 2.75) is 58.8 Å². The molecule has 0 bridgehead atoms. The van der Waals surface area contributed by atoms with Crippen LogP contribution >= 0.6 is 0 Å². The minimum absolute atomic E-state index is 0.0715. The molecule has 18 heavy (non-hydrogen) atoms. The number of pyridine rings is 1. The van der Waals surface area contributed by atoms with E-state index >= 15 is 0 Å². The minimum Gasteiger partial charge on any atom is -0.489 e. The molecule has 0 N–H and O–H groups in total. The second-order valence-corrected chi connectivity index (χ2v) is 5.12. The van der Waals surface area contributed by atoms with Crippen LogP contribution in [0.1, 0.15) is 40.5 Å². The molecule has 0 atom stereocenters. The van der Waals surface area contributed by atoms with Crippen LogP contribution in [0.5, 0.6) is 17.4 Å². The van der Waals surface area contributed by atoms with Crippen molar-refractivity contribution in [3.8, 4) is 17.4 Å². The van der Waals surface area contributed by atoms with E-state index in [-0.39, 0.29) is 12.2 Å². The zero-order valence-corrected chi connectivity index (χ0v) is 11.5. The molecule has 0 unspecified atom stereocenters. The van der Waals surface area contributed by atoms with Crippen LogP contribution in [0.3, 0.4) is 0 Å². The third kappa shape index (κ3) is 3.79. The number of hydrogen-bond acceptors (Lipinski definition) is 4. The zero-order chi connectivity index (χ0) is 13.1. The molecule has 1 aliphatic rings. The van der Waals surface area contributed by atoms with Crippen molar-refractivity contribution in [1.29, 1.82) is 0 Å². The molecule has 1 aromatic rings. The van der Waals surface area contributed by atoms with E-state index in [9.17, 15) is 0 Å². The Balaban J connectivity index is 2.16. The van der Waals surface area contributed by atoms with Crippen LogP contribution in [0.25, 0.3) is 0 Å². The average molecular weight is 251 g/mol. The number of aromatic nitrogens is 1. The molecule has 1 aromatic heterocycles. The Hall–Kier alpha value is -1.45. The Morgan fingerprint density at radius 3 is 2.33 bits per heavy atom. The third-order valence-corrected chi connectivity index (χ3v) is 2.33. The highest BCUT2D eigenvalue weighted by atomic mass is 16.5. The van der Waals surface area contributed by atoms with Gasteiger partial charge in [0.1, 0.15) is 5.75 Å². The van der Waals surface area contributed by atoms with E-state index in [4.69, 9.17) is 14.2 Å². The molecule has 0 radical (unpaired) electrons. The van der Waals surface area contributed by atoms with E-state index < -0.39 is 0 Å². The van der Waals surface area contributed by atoms with Crippen molar-refractivity contribution in [3.05, 3.63) is 12.3 Å². The van der Waals surface area contributed by atoms with Gasteiger partial charge in [0.05, 0.1) is 24.5 Å². The number of nitrogens with zero attached hydrogens (tertiary/aromatic N) is 1. The Morgan fingerprint density at radius 1 is 1.11 bits per heavy atom. The summed E-state index contributed by atoms with van der Waals surface area (Å²) in [6.45, 7) is 7.89. The van der Waals surface area contributed by atoms with Crippen LogP contribution in [0.4, 0.5) is 0 Å². The van der Waals surface area contributed by atoms with Crippen molar-refractivity contribution in [2.24, 2.45) is 0 Å². The van der Waals surface area contributed by atoms with Gasteiger partial charge in [-0.25, -0.2) is 4.98 Å². The molecule has 4 nitrogen and oxygen atoms in total. The normalized spacial score (nSPS) is 15.0. The van der Waals surface area contributed by atoms with Crippen LogP contribution in [-0.2, 0) is 0 Å². The average Bonchev–Trinajstić information content (AvgIpc) is 3.04. The summed E-state index contributed by atoms with van der Waals surface area (Å²) in [7, 11) is 0. The molecule has 1 saturated carbocycles. The number of rotatable bonds is 6. The Bertz CT molecular complexity index is 400. The first-order chi connectivity index (χ1) is 8.54. The largest absolute Gasteiger partial charge is 0.489 e. The van der Waals surface area contributed by atoms with Gasteiger partial charge in [-0.2, -0.15) is 0 Å². The van der Waals surface area contributed by atoms with Crippen LogP contribution < -0.4 is 14.2 Å². The van der Waals surface area contributed by atoms with Crippen LogP contribution in [-0.4, -0.2) is 23.3 Å². The molecule has 0 amide bonds. The van der Waals surface area contributed by atoms with Gasteiger partial charge < -0.3 is 14.2 Å². The lowest BCUT2D eigenvalue weighted by atomic mass is 10.4. The van der Waals surface area contributed by atoms with Gasteiger partial charge in [0.25, 0.3) is 5.88 Å². The second kappa shape index (κ2) is 5.46. The molecule has 0 saturated heterocycles. The van der Waals surface area contributed by atoms with Gasteiger partial charge in [0.15, 0.2) is 5.75 Å². The summed E-state index contributed by atoms with van der Waals surface area (Å²) in [5.74, 6) is 1.93. The zero-order valence-electron chi connectivity index (χ0n) is 11.5. The van der Waals surface area contributed by atoms with Gasteiger partial charge in [-0.3, -0.25) is 0 Å². The molecule has 1 aliphatic carbocycles. The lowest BCUT2D eigenvalue weighted by molar-refractivity contribution is 0.189. The lowest BCUT2D eigenvalue weighted by Gasteiger charge is -2.16. The first-order valence-corrected chi connectivity index (χ1v) is 6.54. The smallest absolute Gasteiger partial charge is 0.257 e. The maximum atomic E-state index is 5.72. The summed E-state index contributed by atoms with van der Waals surface area (Å²) in [6.07, 6.45) is 4.47. The molecule has 4 heteroatoms. The molecule has 0 aromatic carbocycles. The molecule has 2 rings (SSSR count). The molecular formula is C14H21NO3. The molecular weight excluding hydrogens is 230 g/mol. The van der Waals surface area contributed by atoms with Crippen LogP contribution in [0.15, 0.2) is 12.3 Å². The predicted molar refractivity (Wildman–Crippen MR) is 69.4 cm³/mol. The van der Waals surface area contributed by atoms with Gasteiger partial charge in [0, 0.05) is 6.07 Å². The predicted octanol–water partition coefficient (Wildman–Crippen LogP) is 3.20. The Morgan fingerprint density at radius 2 is 1.78 bits per heavy atom. The standard InChI is InChI=1S/C14H21NO3/c1-9(2)16-13-7-12(18-11-5-6-11)8-15-14(13)17-10(3)4/h7-11H,5-6H2,1-4H3. The summed E-state index contributed by atoms with van der Waals surface area (Å²) in [4.78, 5) is 4.28. The van der Waals surface area contributed by atoms with Gasteiger partial charge in [-0.15, -0.1) is 0 Å². The highest BCUT2D eigenvalue weighted by Gasteiger charge is 2.24. The topological polar surface area (TPSA) is 40.6 Å². The monoisotopic (exact) mass is 251 g/mol. The van der Waals surface area contributed by atoms with Crippen LogP contribution in [0, 0.1) is 0 Å². The summed E-state index contributed by atoms with van der Waals surface area (Å²) < 4.78 is 17.1. The van der Waals surface area contributed by atoms with Gasteiger partial charge in [-0.1, -0.05) is 0 Å². The highest BCUT2D eigenvalue weighted by molar-refractivity contribution is 5.39. The van der Waals surface area contributed by atoms with Gasteiger partial charge >= 0.3 is 0 Å². The number of hydrogen-bond donors (Lipinski definition) is 0. The summed E-state index contributed by atoms with van der Waals surface area (Å²) in [5, 5.41) is 0.